The molecule has 0 aliphatic carbocycles. The van der Waals surface area contributed by atoms with Crippen molar-refractivity contribution >= 4 is 0 Å². The summed E-state index contributed by atoms with van der Waals surface area (Å²) in [6.45, 7) is 6.05. The fourth-order valence-corrected chi connectivity index (χ4v) is 2.43. The molecule has 0 spiro atoms. The maximum absolute atomic E-state index is 5.74. The third-order valence-electron chi connectivity index (χ3n) is 4.00. The summed E-state index contributed by atoms with van der Waals surface area (Å²) in [6, 6.07) is 20.6. The van der Waals surface area contributed by atoms with Crippen molar-refractivity contribution in [1.82, 2.24) is 5.32 Å². The molecule has 2 aromatic rings. The van der Waals surface area contributed by atoms with Gasteiger partial charge in [-0.15, -0.1) is 0 Å². The fraction of sp³-hybridized carbons (Fsp3) is 0.429. The summed E-state index contributed by atoms with van der Waals surface area (Å²) < 4.78 is 11.4. The molecule has 0 heterocycles. The Kier molecular flexibility index (Phi) is 9.17. The normalized spacial score (nSPS) is 12.2. The molecule has 1 N–H and O–H groups in total. The van der Waals surface area contributed by atoms with Gasteiger partial charge in [-0.25, -0.2) is 0 Å². The van der Waals surface area contributed by atoms with Crippen LogP contribution in [0.2, 0.25) is 0 Å². The Labute approximate surface area is 146 Å². The Morgan fingerprint density at radius 2 is 1.38 bits per heavy atom. The van der Waals surface area contributed by atoms with Crippen molar-refractivity contribution in [1.29, 1.82) is 0 Å². The fourth-order valence-electron chi connectivity index (χ4n) is 2.43. The molecule has 0 aliphatic heterocycles. The zero-order valence-corrected chi connectivity index (χ0v) is 14.6. The zero-order valence-electron chi connectivity index (χ0n) is 14.6. The van der Waals surface area contributed by atoms with E-state index in [9.17, 15) is 0 Å². The van der Waals surface area contributed by atoms with Crippen molar-refractivity contribution < 1.29 is 9.47 Å². The topological polar surface area (TPSA) is 30.5 Å². The van der Waals surface area contributed by atoms with Gasteiger partial charge in [0.25, 0.3) is 0 Å². The Hall–Kier alpha value is -1.68. The molecule has 0 saturated carbocycles. The van der Waals surface area contributed by atoms with E-state index in [0.29, 0.717) is 25.9 Å². The molecule has 2 aromatic carbocycles. The molecule has 0 aromatic heterocycles. The lowest BCUT2D eigenvalue weighted by atomic mass is 10.1. The van der Waals surface area contributed by atoms with Gasteiger partial charge in [0.05, 0.1) is 19.9 Å². The second-order valence-electron chi connectivity index (χ2n) is 6.20. The first-order valence-corrected chi connectivity index (χ1v) is 8.78. The average Bonchev–Trinajstić information content (AvgIpc) is 2.63. The van der Waals surface area contributed by atoms with Crippen LogP contribution in [0.5, 0.6) is 0 Å². The summed E-state index contributed by atoms with van der Waals surface area (Å²) >= 11 is 0. The molecule has 0 aliphatic rings. The van der Waals surface area contributed by atoms with Crippen LogP contribution in [0.25, 0.3) is 0 Å². The van der Waals surface area contributed by atoms with Gasteiger partial charge < -0.3 is 9.47 Å². The highest BCUT2D eigenvalue weighted by molar-refractivity contribution is 5.14. The number of hydrogen-bond donors (Lipinski definition) is 1. The molecule has 0 fully saturated rings. The van der Waals surface area contributed by atoms with Crippen LogP contribution in [0.15, 0.2) is 60.7 Å². The molecule has 1 atom stereocenters. The molecule has 24 heavy (non-hydrogen) atoms. The van der Waals surface area contributed by atoms with Crippen molar-refractivity contribution in [3.05, 3.63) is 71.8 Å². The first-order valence-electron chi connectivity index (χ1n) is 8.78. The van der Waals surface area contributed by atoms with Gasteiger partial charge in [0, 0.05) is 6.61 Å². The minimum atomic E-state index is 0.603. The SMILES string of the molecule is C[C@@H](CCNCOCc1ccccc1)CCOCc1ccccc1. The van der Waals surface area contributed by atoms with Crippen LogP contribution in [-0.2, 0) is 22.7 Å². The molecule has 130 valence electrons. The molecule has 0 unspecified atom stereocenters. The summed E-state index contributed by atoms with van der Waals surface area (Å²) in [5.41, 5.74) is 2.45. The van der Waals surface area contributed by atoms with Gasteiger partial charge in [-0.1, -0.05) is 67.6 Å². The maximum atomic E-state index is 5.74. The van der Waals surface area contributed by atoms with E-state index in [1.54, 1.807) is 0 Å². The molecule has 0 amide bonds. The van der Waals surface area contributed by atoms with Crippen LogP contribution < -0.4 is 5.32 Å². The van der Waals surface area contributed by atoms with Gasteiger partial charge in [0.2, 0.25) is 0 Å². The lowest BCUT2D eigenvalue weighted by Gasteiger charge is -2.12. The molecular weight excluding hydrogens is 298 g/mol. The van der Waals surface area contributed by atoms with Crippen molar-refractivity contribution in [2.24, 2.45) is 5.92 Å². The number of nitrogens with one attached hydrogen (secondary N) is 1. The predicted octanol–water partition coefficient (Wildman–Crippen LogP) is 4.38. The highest BCUT2D eigenvalue weighted by atomic mass is 16.5. The Bertz CT molecular complexity index is 530. The Morgan fingerprint density at radius 3 is 2.00 bits per heavy atom. The van der Waals surface area contributed by atoms with E-state index >= 15 is 0 Å². The quantitative estimate of drug-likeness (QED) is 0.463. The Morgan fingerprint density at radius 1 is 0.792 bits per heavy atom. The van der Waals surface area contributed by atoms with Crippen LogP contribution in [0.4, 0.5) is 0 Å². The average molecular weight is 327 g/mol. The van der Waals surface area contributed by atoms with E-state index in [2.05, 4.69) is 36.5 Å². The minimum absolute atomic E-state index is 0.603. The number of hydrogen-bond acceptors (Lipinski definition) is 3. The van der Waals surface area contributed by atoms with E-state index < -0.39 is 0 Å². The third-order valence-corrected chi connectivity index (χ3v) is 4.00. The minimum Gasteiger partial charge on any atom is -0.377 e. The second kappa shape index (κ2) is 11.8. The molecule has 0 bridgehead atoms. The van der Waals surface area contributed by atoms with E-state index in [4.69, 9.17) is 9.47 Å². The number of benzene rings is 2. The van der Waals surface area contributed by atoms with Gasteiger partial charge >= 0.3 is 0 Å². The molecule has 0 radical (unpaired) electrons. The summed E-state index contributed by atoms with van der Waals surface area (Å²) in [4.78, 5) is 0. The van der Waals surface area contributed by atoms with E-state index in [1.807, 2.05) is 36.4 Å². The Balaban J connectivity index is 1.41. The first kappa shape index (κ1) is 18.7. The molecule has 3 nitrogen and oxygen atoms in total. The summed E-state index contributed by atoms with van der Waals surface area (Å²) in [6.07, 6.45) is 2.24. The monoisotopic (exact) mass is 327 g/mol. The summed E-state index contributed by atoms with van der Waals surface area (Å²) in [7, 11) is 0. The third kappa shape index (κ3) is 8.25. The van der Waals surface area contributed by atoms with Crippen LogP contribution in [0.3, 0.4) is 0 Å². The van der Waals surface area contributed by atoms with Crippen LogP contribution in [0, 0.1) is 5.92 Å². The largest absolute Gasteiger partial charge is 0.377 e. The number of ether oxygens (including phenoxy) is 2. The molecule has 2 rings (SSSR count). The first-order chi connectivity index (χ1) is 11.8. The smallest absolute Gasteiger partial charge is 0.0969 e. The number of rotatable bonds is 12. The maximum Gasteiger partial charge on any atom is 0.0969 e. The zero-order chi connectivity index (χ0) is 16.9. The van der Waals surface area contributed by atoms with Gasteiger partial charge in [-0.3, -0.25) is 5.32 Å². The molecular formula is C21H29NO2. The predicted molar refractivity (Wildman–Crippen MR) is 98.6 cm³/mol. The summed E-state index contributed by atoms with van der Waals surface area (Å²) in [5.74, 6) is 0.655. The molecule has 3 heteroatoms. The summed E-state index contributed by atoms with van der Waals surface area (Å²) in [5, 5.41) is 3.34. The van der Waals surface area contributed by atoms with Gasteiger partial charge in [0.15, 0.2) is 0 Å². The van der Waals surface area contributed by atoms with E-state index in [0.717, 1.165) is 26.0 Å². The van der Waals surface area contributed by atoms with E-state index in [1.165, 1.54) is 11.1 Å². The van der Waals surface area contributed by atoms with Crippen molar-refractivity contribution in [3.63, 3.8) is 0 Å². The highest BCUT2D eigenvalue weighted by Crippen LogP contribution is 2.08. The van der Waals surface area contributed by atoms with Crippen molar-refractivity contribution in [3.8, 4) is 0 Å². The van der Waals surface area contributed by atoms with Gasteiger partial charge in [0.1, 0.15) is 0 Å². The standard InChI is InChI=1S/C21H29NO2/c1-19(13-15-23-16-20-8-4-2-5-9-20)12-14-22-18-24-17-21-10-6-3-7-11-21/h2-11,19,22H,12-18H2,1H3/t19-/m0/s1. The second-order valence-corrected chi connectivity index (χ2v) is 6.20. The van der Waals surface area contributed by atoms with Gasteiger partial charge in [-0.05, 0) is 36.4 Å². The van der Waals surface area contributed by atoms with Crippen molar-refractivity contribution in [2.75, 3.05) is 19.9 Å². The van der Waals surface area contributed by atoms with Crippen LogP contribution in [0.1, 0.15) is 30.9 Å². The van der Waals surface area contributed by atoms with Gasteiger partial charge in [-0.2, -0.15) is 0 Å². The highest BCUT2D eigenvalue weighted by Gasteiger charge is 2.02. The van der Waals surface area contributed by atoms with Crippen LogP contribution in [-0.4, -0.2) is 19.9 Å². The molecule has 0 saturated heterocycles. The lowest BCUT2D eigenvalue weighted by molar-refractivity contribution is 0.0980. The van der Waals surface area contributed by atoms with E-state index in [-0.39, 0.29) is 0 Å². The lowest BCUT2D eigenvalue weighted by Crippen LogP contribution is -2.21. The van der Waals surface area contributed by atoms with Crippen LogP contribution >= 0.6 is 0 Å². The van der Waals surface area contributed by atoms with Crippen molar-refractivity contribution in [2.45, 2.75) is 33.0 Å².